The normalized spacial score (nSPS) is 16.0. The number of amides is 1. The fourth-order valence-corrected chi connectivity index (χ4v) is 4.03. The van der Waals surface area contributed by atoms with Crippen molar-refractivity contribution in [3.05, 3.63) is 64.6 Å². The van der Waals surface area contributed by atoms with Crippen LogP contribution in [-0.4, -0.2) is 29.3 Å². The zero-order valence-corrected chi connectivity index (χ0v) is 16.4. The molecule has 0 unspecified atom stereocenters. The predicted octanol–water partition coefficient (Wildman–Crippen LogP) is 4.50. The minimum atomic E-state index is -0.0591. The van der Waals surface area contributed by atoms with Crippen molar-refractivity contribution in [2.45, 2.75) is 13.5 Å². The Morgan fingerprint density at radius 2 is 1.77 bits per heavy atom. The third-order valence-electron chi connectivity index (χ3n) is 4.19. The van der Waals surface area contributed by atoms with Gasteiger partial charge in [0.2, 0.25) is 0 Å². The first kappa shape index (κ1) is 18.5. The van der Waals surface area contributed by atoms with Crippen LogP contribution in [0.5, 0.6) is 11.5 Å². The van der Waals surface area contributed by atoms with Crippen molar-refractivity contribution < 1.29 is 14.3 Å². The van der Waals surface area contributed by atoms with Crippen LogP contribution >= 0.6 is 24.0 Å². The van der Waals surface area contributed by atoms with Gasteiger partial charge in [0.25, 0.3) is 5.91 Å². The van der Waals surface area contributed by atoms with Gasteiger partial charge in [0.05, 0.1) is 25.7 Å². The van der Waals surface area contributed by atoms with Gasteiger partial charge in [-0.1, -0.05) is 60.4 Å². The van der Waals surface area contributed by atoms with Crippen LogP contribution in [0, 0.1) is 0 Å². The highest BCUT2D eigenvalue weighted by Crippen LogP contribution is 2.39. The lowest BCUT2D eigenvalue weighted by atomic mass is 10.1. The highest BCUT2D eigenvalue weighted by Gasteiger charge is 2.33. The number of hydrogen-bond donors (Lipinski definition) is 0. The van der Waals surface area contributed by atoms with E-state index in [0.717, 1.165) is 16.7 Å². The summed E-state index contributed by atoms with van der Waals surface area (Å²) in [5.74, 6) is 1.22. The van der Waals surface area contributed by atoms with Gasteiger partial charge in [-0.2, -0.15) is 0 Å². The van der Waals surface area contributed by atoms with Gasteiger partial charge >= 0.3 is 0 Å². The van der Waals surface area contributed by atoms with E-state index in [1.54, 1.807) is 19.1 Å². The molecule has 2 aromatic rings. The standard InChI is InChI=1S/C20H19NO3S2/c1-13(15-9-10-16(23-2)17(11-15)24-3)18-19(22)21(20(25)26-18)12-14-7-5-4-6-8-14/h4-11H,12H2,1-3H3/b18-13-. The van der Waals surface area contributed by atoms with Crippen LogP contribution in [0.25, 0.3) is 5.57 Å². The van der Waals surface area contributed by atoms with Crippen molar-refractivity contribution in [3.8, 4) is 11.5 Å². The topological polar surface area (TPSA) is 38.8 Å². The Morgan fingerprint density at radius 1 is 1.08 bits per heavy atom. The second-order valence-electron chi connectivity index (χ2n) is 5.77. The Labute approximate surface area is 162 Å². The highest BCUT2D eigenvalue weighted by molar-refractivity contribution is 8.26. The van der Waals surface area contributed by atoms with Gasteiger partial charge in [-0.15, -0.1) is 0 Å². The number of ether oxygens (including phenoxy) is 2. The van der Waals surface area contributed by atoms with Crippen molar-refractivity contribution in [1.82, 2.24) is 4.90 Å². The summed E-state index contributed by atoms with van der Waals surface area (Å²) in [5.41, 5.74) is 2.83. The Hall–Kier alpha value is -2.31. The molecule has 1 heterocycles. The Balaban J connectivity index is 1.91. The molecule has 0 N–H and O–H groups in total. The first-order valence-electron chi connectivity index (χ1n) is 8.06. The van der Waals surface area contributed by atoms with E-state index in [9.17, 15) is 4.79 Å². The largest absolute Gasteiger partial charge is 0.493 e. The number of rotatable bonds is 5. The number of nitrogens with zero attached hydrogens (tertiary/aromatic N) is 1. The van der Waals surface area contributed by atoms with Crippen molar-refractivity contribution >= 4 is 39.8 Å². The van der Waals surface area contributed by atoms with Gasteiger partial charge in [-0.3, -0.25) is 9.69 Å². The number of hydrogen-bond acceptors (Lipinski definition) is 5. The average molecular weight is 386 g/mol. The molecule has 4 nitrogen and oxygen atoms in total. The molecule has 1 fully saturated rings. The Morgan fingerprint density at radius 3 is 2.42 bits per heavy atom. The summed E-state index contributed by atoms with van der Waals surface area (Å²) in [4.78, 5) is 15.2. The van der Waals surface area contributed by atoms with E-state index in [1.165, 1.54) is 11.8 Å². The molecule has 1 amide bonds. The van der Waals surface area contributed by atoms with E-state index in [-0.39, 0.29) is 5.91 Å². The fraction of sp³-hybridized carbons (Fsp3) is 0.200. The van der Waals surface area contributed by atoms with Gasteiger partial charge in [0, 0.05) is 0 Å². The summed E-state index contributed by atoms with van der Waals surface area (Å²) < 4.78 is 11.2. The fourth-order valence-electron chi connectivity index (χ4n) is 2.73. The maximum Gasteiger partial charge on any atom is 0.266 e. The quantitative estimate of drug-likeness (QED) is 0.560. The summed E-state index contributed by atoms with van der Waals surface area (Å²) >= 11 is 6.78. The number of thiocarbonyl (C=S) groups is 1. The van der Waals surface area contributed by atoms with Crippen molar-refractivity contribution in [2.24, 2.45) is 0 Å². The van der Waals surface area contributed by atoms with Crippen LogP contribution < -0.4 is 9.47 Å². The second-order valence-corrected chi connectivity index (χ2v) is 7.41. The lowest BCUT2D eigenvalue weighted by molar-refractivity contribution is -0.122. The lowest BCUT2D eigenvalue weighted by Crippen LogP contribution is -2.27. The number of carbonyl (C=O) groups excluding carboxylic acids is 1. The highest BCUT2D eigenvalue weighted by atomic mass is 32.2. The molecule has 26 heavy (non-hydrogen) atoms. The minimum Gasteiger partial charge on any atom is -0.493 e. The first-order valence-corrected chi connectivity index (χ1v) is 9.28. The zero-order chi connectivity index (χ0) is 18.7. The molecule has 0 atom stereocenters. The minimum absolute atomic E-state index is 0.0591. The van der Waals surface area contributed by atoms with Crippen molar-refractivity contribution in [1.29, 1.82) is 0 Å². The SMILES string of the molecule is COc1ccc(/C(C)=C2\SC(=S)N(Cc3ccccc3)C2=O)cc1OC. The van der Waals surface area contributed by atoms with Crippen LogP contribution in [0.15, 0.2) is 53.4 Å². The Kier molecular flexibility index (Phi) is 5.64. The van der Waals surface area contributed by atoms with Gasteiger partial charge < -0.3 is 9.47 Å². The van der Waals surface area contributed by atoms with E-state index >= 15 is 0 Å². The van der Waals surface area contributed by atoms with E-state index in [2.05, 4.69) is 0 Å². The molecule has 1 aliphatic heterocycles. The van der Waals surface area contributed by atoms with Crippen LogP contribution in [0.2, 0.25) is 0 Å². The Bertz CT molecular complexity index is 878. The third-order valence-corrected chi connectivity index (χ3v) is 5.74. The van der Waals surface area contributed by atoms with Gasteiger partial charge in [-0.05, 0) is 35.8 Å². The molecule has 0 aromatic heterocycles. The molecule has 0 saturated carbocycles. The monoisotopic (exact) mass is 385 g/mol. The molecular formula is C20H19NO3S2. The molecule has 1 saturated heterocycles. The van der Waals surface area contributed by atoms with E-state index < -0.39 is 0 Å². The molecule has 6 heteroatoms. The maximum absolute atomic E-state index is 12.9. The predicted molar refractivity (Wildman–Crippen MR) is 109 cm³/mol. The number of allylic oxidation sites excluding steroid dienone is 1. The smallest absolute Gasteiger partial charge is 0.266 e. The van der Waals surface area contributed by atoms with Crippen LogP contribution in [0.1, 0.15) is 18.1 Å². The summed E-state index contributed by atoms with van der Waals surface area (Å²) in [5, 5.41) is 0. The number of carbonyl (C=O) groups is 1. The summed E-state index contributed by atoms with van der Waals surface area (Å²) in [6.07, 6.45) is 0. The molecule has 0 aliphatic carbocycles. The molecule has 1 aliphatic rings. The van der Waals surface area contributed by atoms with Crippen LogP contribution in [-0.2, 0) is 11.3 Å². The maximum atomic E-state index is 12.9. The van der Waals surface area contributed by atoms with Crippen molar-refractivity contribution in [2.75, 3.05) is 14.2 Å². The van der Waals surface area contributed by atoms with E-state index in [0.29, 0.717) is 27.3 Å². The number of thioether (sulfide) groups is 1. The molecular weight excluding hydrogens is 366 g/mol. The van der Waals surface area contributed by atoms with E-state index in [4.69, 9.17) is 21.7 Å². The number of benzene rings is 2. The zero-order valence-electron chi connectivity index (χ0n) is 14.8. The van der Waals surface area contributed by atoms with Crippen LogP contribution in [0.4, 0.5) is 0 Å². The van der Waals surface area contributed by atoms with Gasteiger partial charge in [0.1, 0.15) is 4.32 Å². The molecule has 0 radical (unpaired) electrons. The summed E-state index contributed by atoms with van der Waals surface area (Å²) in [7, 11) is 3.19. The molecule has 134 valence electrons. The summed E-state index contributed by atoms with van der Waals surface area (Å²) in [6.45, 7) is 2.41. The van der Waals surface area contributed by atoms with Crippen molar-refractivity contribution in [3.63, 3.8) is 0 Å². The third kappa shape index (κ3) is 3.61. The van der Waals surface area contributed by atoms with E-state index in [1.807, 2.05) is 55.5 Å². The lowest BCUT2D eigenvalue weighted by Gasteiger charge is -2.14. The van der Waals surface area contributed by atoms with Gasteiger partial charge in [0.15, 0.2) is 11.5 Å². The summed E-state index contributed by atoms with van der Waals surface area (Å²) in [6, 6.07) is 15.5. The average Bonchev–Trinajstić information content (AvgIpc) is 2.95. The van der Waals surface area contributed by atoms with Crippen LogP contribution in [0.3, 0.4) is 0 Å². The number of methoxy groups -OCH3 is 2. The molecule has 0 spiro atoms. The molecule has 3 rings (SSSR count). The first-order chi connectivity index (χ1) is 12.5. The molecule has 2 aromatic carbocycles. The van der Waals surface area contributed by atoms with Gasteiger partial charge in [-0.25, -0.2) is 0 Å². The second kappa shape index (κ2) is 7.93. The molecule has 0 bridgehead atoms.